The van der Waals surface area contributed by atoms with Crippen molar-refractivity contribution in [2.45, 2.75) is 19.4 Å². The molecule has 0 saturated carbocycles. The largest absolute Gasteiger partial charge is 0.508 e. The van der Waals surface area contributed by atoms with Gasteiger partial charge in [0, 0.05) is 11.3 Å². The van der Waals surface area contributed by atoms with Crippen molar-refractivity contribution in [3.63, 3.8) is 0 Å². The summed E-state index contributed by atoms with van der Waals surface area (Å²) < 4.78 is 15.8. The van der Waals surface area contributed by atoms with Gasteiger partial charge in [0.15, 0.2) is 0 Å². The van der Waals surface area contributed by atoms with Crippen LogP contribution in [0.2, 0.25) is 0 Å². The first-order chi connectivity index (χ1) is 13.0. The third-order valence-electron chi connectivity index (χ3n) is 4.84. The first kappa shape index (κ1) is 16.9. The molecule has 3 aromatic rings. The van der Waals surface area contributed by atoms with Crippen LogP contribution in [0, 0.1) is 17.1 Å². The number of hydrogen-bond donors (Lipinski definition) is 1. The molecule has 1 aromatic heterocycles. The second kappa shape index (κ2) is 6.29. The van der Waals surface area contributed by atoms with Gasteiger partial charge < -0.3 is 9.67 Å². The third-order valence-corrected chi connectivity index (χ3v) is 4.84. The van der Waals surface area contributed by atoms with E-state index in [1.165, 1.54) is 36.4 Å². The molecule has 0 aliphatic carbocycles. The Morgan fingerprint density at radius 1 is 1.15 bits per heavy atom. The molecular weight excluding hydrogens is 345 g/mol. The van der Waals surface area contributed by atoms with E-state index in [2.05, 4.69) is 6.07 Å². The summed E-state index contributed by atoms with van der Waals surface area (Å²) in [5.41, 5.74) is 2.64. The number of halogens is 1. The molecule has 0 fully saturated rings. The van der Waals surface area contributed by atoms with Crippen molar-refractivity contribution in [1.29, 1.82) is 5.26 Å². The Kier molecular flexibility index (Phi) is 3.93. The maximum Gasteiger partial charge on any atom is 0.258 e. The Hall–Kier alpha value is -3.59. The lowest BCUT2D eigenvalue weighted by atomic mass is 10.0. The fraction of sp³-hybridized carbons (Fsp3) is 0.143. The fourth-order valence-electron chi connectivity index (χ4n) is 3.63. The molecule has 0 bridgehead atoms. The zero-order valence-electron chi connectivity index (χ0n) is 14.6. The molecule has 1 aliphatic rings. The van der Waals surface area contributed by atoms with Gasteiger partial charge in [-0.3, -0.25) is 9.69 Å². The minimum absolute atomic E-state index is 0.0659. The van der Waals surface area contributed by atoms with E-state index in [1.54, 1.807) is 21.6 Å². The number of aromatic nitrogens is 1. The van der Waals surface area contributed by atoms with Crippen LogP contribution in [0.4, 0.5) is 10.1 Å². The highest BCUT2D eigenvalue weighted by Gasteiger charge is 2.36. The van der Waals surface area contributed by atoms with Crippen molar-refractivity contribution in [2.75, 3.05) is 4.90 Å². The molecular formula is C21H16FN3O2. The number of nitriles is 1. The number of aromatic hydroxyl groups is 1. The smallest absolute Gasteiger partial charge is 0.258 e. The average molecular weight is 361 g/mol. The van der Waals surface area contributed by atoms with Crippen molar-refractivity contribution in [3.8, 4) is 17.5 Å². The van der Waals surface area contributed by atoms with Crippen LogP contribution in [-0.4, -0.2) is 15.6 Å². The standard InChI is InChI=1S/C21H16FN3O2/c1-2-17-18-10-6-15(12-23)24(18)19-9-5-14(22)11-20(19)25(17)21(27)13-3-7-16(26)8-4-13/h3-11,17,26H,2H2,1H3/t17-/m1/s1. The van der Waals surface area contributed by atoms with Gasteiger partial charge in [-0.15, -0.1) is 0 Å². The van der Waals surface area contributed by atoms with Crippen LogP contribution >= 0.6 is 0 Å². The third kappa shape index (κ3) is 2.56. The van der Waals surface area contributed by atoms with E-state index in [0.717, 1.165) is 5.69 Å². The summed E-state index contributed by atoms with van der Waals surface area (Å²) in [6.07, 6.45) is 0.592. The topological polar surface area (TPSA) is 69.3 Å². The molecule has 2 heterocycles. The molecule has 1 atom stereocenters. The van der Waals surface area contributed by atoms with E-state index in [9.17, 15) is 19.6 Å². The molecule has 0 radical (unpaired) electrons. The number of anilines is 1. The maximum atomic E-state index is 14.1. The highest BCUT2D eigenvalue weighted by Crippen LogP contribution is 2.42. The van der Waals surface area contributed by atoms with Gasteiger partial charge in [0.25, 0.3) is 5.91 Å². The summed E-state index contributed by atoms with van der Waals surface area (Å²) in [5.74, 6) is -0.683. The number of carbonyl (C=O) groups excluding carboxylic acids is 1. The maximum absolute atomic E-state index is 14.1. The molecule has 0 saturated heterocycles. The zero-order valence-corrected chi connectivity index (χ0v) is 14.6. The van der Waals surface area contributed by atoms with Gasteiger partial charge in [-0.1, -0.05) is 6.92 Å². The Morgan fingerprint density at radius 3 is 2.56 bits per heavy atom. The molecule has 0 unspecified atom stereocenters. The number of benzene rings is 2. The minimum atomic E-state index is -0.457. The van der Waals surface area contributed by atoms with Gasteiger partial charge in [-0.25, -0.2) is 4.39 Å². The van der Waals surface area contributed by atoms with Crippen LogP contribution in [0.3, 0.4) is 0 Å². The Labute approximate surface area is 155 Å². The van der Waals surface area contributed by atoms with Crippen molar-refractivity contribution >= 4 is 11.6 Å². The van der Waals surface area contributed by atoms with E-state index in [0.29, 0.717) is 29.1 Å². The second-order valence-electron chi connectivity index (χ2n) is 6.37. The van der Waals surface area contributed by atoms with Gasteiger partial charge in [0.2, 0.25) is 0 Å². The molecule has 6 heteroatoms. The number of nitrogens with zero attached hydrogens (tertiary/aromatic N) is 3. The molecule has 134 valence electrons. The molecule has 27 heavy (non-hydrogen) atoms. The highest BCUT2D eigenvalue weighted by atomic mass is 19.1. The first-order valence-corrected chi connectivity index (χ1v) is 8.59. The summed E-state index contributed by atoms with van der Waals surface area (Å²) in [7, 11) is 0. The van der Waals surface area contributed by atoms with Gasteiger partial charge in [0.1, 0.15) is 23.3 Å². The number of rotatable bonds is 2. The summed E-state index contributed by atoms with van der Waals surface area (Å²) in [6, 6.07) is 15.5. The number of carbonyl (C=O) groups is 1. The molecule has 1 N–H and O–H groups in total. The fourth-order valence-corrected chi connectivity index (χ4v) is 3.63. The summed E-state index contributed by atoms with van der Waals surface area (Å²) in [6.45, 7) is 1.94. The minimum Gasteiger partial charge on any atom is -0.508 e. The lowest BCUT2D eigenvalue weighted by molar-refractivity contribution is 0.0973. The lowest BCUT2D eigenvalue weighted by Crippen LogP contribution is -2.39. The Morgan fingerprint density at radius 2 is 1.89 bits per heavy atom. The van der Waals surface area contributed by atoms with Gasteiger partial charge >= 0.3 is 0 Å². The summed E-state index contributed by atoms with van der Waals surface area (Å²) >= 11 is 0. The normalized spacial score (nSPS) is 15.0. The van der Waals surface area contributed by atoms with E-state index in [1.807, 2.05) is 13.0 Å². The van der Waals surface area contributed by atoms with Crippen LogP contribution < -0.4 is 4.90 Å². The van der Waals surface area contributed by atoms with Crippen LogP contribution in [0.25, 0.3) is 5.69 Å². The predicted octanol–water partition coefficient (Wildman–Crippen LogP) is 4.31. The average Bonchev–Trinajstić information content (AvgIpc) is 3.10. The van der Waals surface area contributed by atoms with Crippen LogP contribution in [-0.2, 0) is 0 Å². The second-order valence-corrected chi connectivity index (χ2v) is 6.37. The molecule has 1 amide bonds. The summed E-state index contributed by atoms with van der Waals surface area (Å²) in [4.78, 5) is 14.9. The van der Waals surface area contributed by atoms with E-state index in [4.69, 9.17) is 0 Å². The SMILES string of the molecule is CC[C@@H]1c2ccc(C#N)n2-c2ccc(F)cc2N1C(=O)c1ccc(O)cc1. The van der Waals surface area contributed by atoms with Crippen LogP contribution in [0.5, 0.6) is 5.75 Å². The van der Waals surface area contributed by atoms with Crippen molar-refractivity contribution in [3.05, 3.63) is 77.4 Å². The zero-order chi connectivity index (χ0) is 19.1. The molecule has 5 nitrogen and oxygen atoms in total. The van der Waals surface area contributed by atoms with Gasteiger partial charge in [0.05, 0.1) is 17.4 Å². The molecule has 4 rings (SSSR count). The van der Waals surface area contributed by atoms with Crippen molar-refractivity contribution in [2.24, 2.45) is 0 Å². The molecule has 2 aromatic carbocycles. The Bertz CT molecular complexity index is 1080. The van der Waals surface area contributed by atoms with E-state index < -0.39 is 5.82 Å². The Balaban J connectivity index is 1.94. The van der Waals surface area contributed by atoms with E-state index >= 15 is 0 Å². The van der Waals surface area contributed by atoms with Crippen molar-refractivity contribution < 1.29 is 14.3 Å². The number of hydrogen-bond acceptors (Lipinski definition) is 3. The van der Waals surface area contributed by atoms with Crippen molar-refractivity contribution in [1.82, 2.24) is 4.57 Å². The highest BCUT2D eigenvalue weighted by molar-refractivity contribution is 6.08. The quantitative estimate of drug-likeness (QED) is 0.740. The van der Waals surface area contributed by atoms with E-state index in [-0.39, 0.29) is 17.7 Å². The van der Waals surface area contributed by atoms with Gasteiger partial charge in [-0.05, 0) is 61.0 Å². The summed E-state index contributed by atoms with van der Waals surface area (Å²) in [5, 5.41) is 18.9. The predicted molar refractivity (Wildman–Crippen MR) is 98.4 cm³/mol. The van der Waals surface area contributed by atoms with Crippen LogP contribution in [0.1, 0.15) is 41.1 Å². The number of phenolic OH excluding ortho intramolecular Hbond substituents is 1. The molecule has 0 spiro atoms. The number of amides is 1. The van der Waals surface area contributed by atoms with Gasteiger partial charge in [-0.2, -0.15) is 5.26 Å². The number of fused-ring (bicyclic) bond motifs is 3. The lowest BCUT2D eigenvalue weighted by Gasteiger charge is -2.38. The van der Waals surface area contributed by atoms with Crippen LogP contribution in [0.15, 0.2) is 54.6 Å². The molecule has 1 aliphatic heterocycles. The monoisotopic (exact) mass is 361 g/mol. The first-order valence-electron chi connectivity index (χ1n) is 8.59. The number of phenols is 1.